The summed E-state index contributed by atoms with van der Waals surface area (Å²) in [4.78, 5) is 24.1. The first kappa shape index (κ1) is 22.5. The van der Waals surface area contributed by atoms with E-state index in [9.17, 15) is 4.79 Å². The standard InChI is InChI=1S/C27H44O3/c1-18(2)7-6-8-19(3)23-13-14-24-22-12-10-20(28)9-11-21-17-27(5,30-29-21)25(22)15-16-26(23,24)4/h9,11,18-19,21-25H,6-8,10,12-17H2,1-5H3/b11-9-/t19-,21+,22+,23-,24+,25+,26-,27-/m1/s1. The summed E-state index contributed by atoms with van der Waals surface area (Å²) in [6.45, 7) is 12.1. The summed E-state index contributed by atoms with van der Waals surface area (Å²) in [6, 6.07) is 0. The van der Waals surface area contributed by atoms with Crippen LogP contribution in [0.5, 0.6) is 0 Å². The number of allylic oxidation sites excluding steroid dienone is 1. The first-order valence-electron chi connectivity index (χ1n) is 12.8. The normalized spacial score (nSPS) is 45.8. The Hall–Kier alpha value is -0.670. The molecule has 0 radical (unpaired) electrons. The van der Waals surface area contributed by atoms with Crippen LogP contribution in [0.1, 0.15) is 98.8 Å². The third kappa shape index (κ3) is 4.18. The number of hydrogen-bond donors (Lipinski definition) is 0. The van der Waals surface area contributed by atoms with Crippen molar-refractivity contribution in [1.82, 2.24) is 0 Å². The lowest BCUT2D eigenvalue weighted by molar-refractivity contribution is -0.333. The number of fused-ring (bicyclic) bond motifs is 6. The Morgan fingerprint density at radius 1 is 1.07 bits per heavy atom. The molecule has 1 heterocycles. The van der Waals surface area contributed by atoms with Gasteiger partial charge in [-0.05, 0) is 92.1 Å². The molecule has 0 amide bonds. The van der Waals surface area contributed by atoms with Crippen molar-refractivity contribution in [1.29, 1.82) is 0 Å². The van der Waals surface area contributed by atoms with E-state index in [1.807, 2.05) is 6.08 Å². The van der Waals surface area contributed by atoms with Crippen LogP contribution in [0.15, 0.2) is 12.2 Å². The predicted molar refractivity (Wildman–Crippen MR) is 121 cm³/mol. The summed E-state index contributed by atoms with van der Waals surface area (Å²) >= 11 is 0. The van der Waals surface area contributed by atoms with Gasteiger partial charge in [-0.15, -0.1) is 0 Å². The summed E-state index contributed by atoms with van der Waals surface area (Å²) in [5.74, 6) is 4.54. The Morgan fingerprint density at radius 3 is 2.63 bits per heavy atom. The molecule has 2 bridgehead atoms. The maximum Gasteiger partial charge on any atom is 0.155 e. The molecule has 0 aromatic rings. The van der Waals surface area contributed by atoms with Gasteiger partial charge in [0.15, 0.2) is 5.78 Å². The van der Waals surface area contributed by atoms with E-state index in [4.69, 9.17) is 9.78 Å². The van der Waals surface area contributed by atoms with Crippen molar-refractivity contribution in [3.63, 3.8) is 0 Å². The zero-order valence-electron chi connectivity index (χ0n) is 20.0. The van der Waals surface area contributed by atoms with Gasteiger partial charge >= 0.3 is 0 Å². The third-order valence-electron chi connectivity index (χ3n) is 9.61. The van der Waals surface area contributed by atoms with Gasteiger partial charge in [0.05, 0.1) is 0 Å². The number of ketones is 1. The summed E-state index contributed by atoms with van der Waals surface area (Å²) in [5.41, 5.74) is 0.221. The predicted octanol–water partition coefficient (Wildman–Crippen LogP) is 6.91. The molecule has 4 rings (SSSR count). The fourth-order valence-corrected chi connectivity index (χ4v) is 8.03. The number of carbonyl (C=O) groups is 1. The molecule has 2 saturated carbocycles. The molecule has 0 unspecified atom stereocenters. The van der Waals surface area contributed by atoms with Crippen LogP contribution in [0.4, 0.5) is 0 Å². The van der Waals surface area contributed by atoms with Gasteiger partial charge in [0.2, 0.25) is 0 Å². The van der Waals surface area contributed by atoms with Gasteiger partial charge in [0.1, 0.15) is 11.7 Å². The lowest BCUT2D eigenvalue weighted by Crippen LogP contribution is -2.50. The minimum atomic E-state index is -0.206. The van der Waals surface area contributed by atoms with Crippen LogP contribution in [-0.2, 0) is 14.6 Å². The molecule has 0 N–H and O–H groups in total. The quantitative estimate of drug-likeness (QED) is 0.457. The molecule has 4 aliphatic rings. The average Bonchev–Trinajstić information content (AvgIpc) is 3.23. The SMILES string of the molecule is CC(C)CCC[C@@H](C)[C@H]1CC[C@H]2[C@@H]3CCC(=O)/C=C\[C@H]4C[C@@](C)(OO4)[C@H]3CC[C@]12C. The van der Waals surface area contributed by atoms with Crippen LogP contribution in [0.2, 0.25) is 0 Å². The molecule has 0 aromatic carbocycles. The minimum Gasteiger partial charge on any atom is -0.295 e. The smallest absolute Gasteiger partial charge is 0.155 e. The van der Waals surface area contributed by atoms with Crippen LogP contribution in [0, 0.1) is 40.9 Å². The van der Waals surface area contributed by atoms with Crippen molar-refractivity contribution in [3.05, 3.63) is 12.2 Å². The molecule has 8 atom stereocenters. The van der Waals surface area contributed by atoms with Gasteiger partial charge in [-0.2, -0.15) is 0 Å². The van der Waals surface area contributed by atoms with Crippen LogP contribution < -0.4 is 0 Å². The van der Waals surface area contributed by atoms with Crippen molar-refractivity contribution in [2.24, 2.45) is 40.9 Å². The van der Waals surface area contributed by atoms with Gasteiger partial charge in [0.25, 0.3) is 0 Å². The fourth-order valence-electron chi connectivity index (χ4n) is 8.03. The monoisotopic (exact) mass is 416 g/mol. The highest BCUT2D eigenvalue weighted by molar-refractivity contribution is 5.89. The first-order valence-corrected chi connectivity index (χ1v) is 12.8. The molecule has 0 spiro atoms. The third-order valence-corrected chi connectivity index (χ3v) is 9.61. The molecule has 1 saturated heterocycles. The van der Waals surface area contributed by atoms with Crippen LogP contribution >= 0.6 is 0 Å². The molecule has 0 aromatic heterocycles. The Labute approximate surface area is 184 Å². The fraction of sp³-hybridized carbons (Fsp3) is 0.889. The van der Waals surface area contributed by atoms with Crippen molar-refractivity contribution in [2.75, 3.05) is 0 Å². The number of carbonyl (C=O) groups excluding carboxylic acids is 1. The van der Waals surface area contributed by atoms with Crippen LogP contribution in [0.25, 0.3) is 0 Å². The highest BCUT2D eigenvalue weighted by Gasteiger charge is 2.59. The second kappa shape index (κ2) is 8.70. The van der Waals surface area contributed by atoms with Crippen molar-refractivity contribution >= 4 is 5.78 Å². The van der Waals surface area contributed by atoms with E-state index >= 15 is 0 Å². The first-order chi connectivity index (χ1) is 14.2. The summed E-state index contributed by atoms with van der Waals surface area (Å²) in [7, 11) is 0. The van der Waals surface area contributed by atoms with E-state index in [0.717, 1.165) is 36.5 Å². The maximum absolute atomic E-state index is 12.5. The van der Waals surface area contributed by atoms with Gasteiger partial charge in [-0.1, -0.05) is 47.0 Å². The van der Waals surface area contributed by atoms with Gasteiger partial charge in [-0.3, -0.25) is 4.79 Å². The van der Waals surface area contributed by atoms with E-state index < -0.39 is 0 Å². The van der Waals surface area contributed by atoms with E-state index in [-0.39, 0.29) is 17.5 Å². The highest BCUT2D eigenvalue weighted by atomic mass is 17.2. The van der Waals surface area contributed by atoms with Crippen LogP contribution in [-0.4, -0.2) is 17.5 Å². The lowest BCUT2D eigenvalue weighted by atomic mass is 9.53. The number of rotatable bonds is 5. The molecular weight excluding hydrogens is 372 g/mol. The number of hydrogen-bond acceptors (Lipinski definition) is 3. The van der Waals surface area contributed by atoms with E-state index in [0.29, 0.717) is 23.7 Å². The summed E-state index contributed by atoms with van der Waals surface area (Å²) in [6.07, 6.45) is 15.5. The maximum atomic E-state index is 12.5. The van der Waals surface area contributed by atoms with E-state index in [2.05, 4.69) is 34.6 Å². The Balaban J connectivity index is 1.53. The molecule has 1 aliphatic heterocycles. The minimum absolute atomic E-state index is 0.0664. The second-order valence-electron chi connectivity index (χ2n) is 12.0. The zero-order chi connectivity index (χ0) is 21.5. The van der Waals surface area contributed by atoms with Gasteiger partial charge < -0.3 is 0 Å². The van der Waals surface area contributed by atoms with Crippen molar-refractivity contribution < 1.29 is 14.6 Å². The second-order valence-corrected chi connectivity index (χ2v) is 12.0. The van der Waals surface area contributed by atoms with E-state index in [1.165, 1.54) is 44.9 Å². The molecule has 3 aliphatic carbocycles. The highest BCUT2D eigenvalue weighted by Crippen LogP contribution is 2.64. The van der Waals surface area contributed by atoms with Gasteiger partial charge in [-0.25, -0.2) is 9.78 Å². The van der Waals surface area contributed by atoms with Crippen molar-refractivity contribution in [2.45, 2.75) is 111 Å². The molecule has 170 valence electrons. The Bertz CT molecular complexity index is 654. The molecule has 3 fully saturated rings. The zero-order valence-corrected chi connectivity index (χ0v) is 20.0. The van der Waals surface area contributed by atoms with Crippen LogP contribution in [0.3, 0.4) is 0 Å². The van der Waals surface area contributed by atoms with Crippen molar-refractivity contribution in [3.8, 4) is 0 Å². The summed E-state index contributed by atoms with van der Waals surface area (Å²) in [5, 5.41) is 0. The Morgan fingerprint density at radius 2 is 1.87 bits per heavy atom. The molecule has 30 heavy (non-hydrogen) atoms. The lowest BCUT2D eigenvalue weighted by Gasteiger charge is -2.53. The Kier molecular flexibility index (Phi) is 6.53. The average molecular weight is 417 g/mol. The summed E-state index contributed by atoms with van der Waals surface area (Å²) < 4.78 is 0. The topological polar surface area (TPSA) is 35.5 Å². The van der Waals surface area contributed by atoms with Gasteiger partial charge in [0, 0.05) is 12.8 Å². The molecule has 3 heteroatoms. The largest absolute Gasteiger partial charge is 0.295 e. The van der Waals surface area contributed by atoms with E-state index in [1.54, 1.807) is 6.08 Å². The molecule has 3 nitrogen and oxygen atoms in total. The molecular formula is C27H44O3.